The monoisotopic (exact) mass is 339 g/mol. The van der Waals surface area contributed by atoms with E-state index in [1.165, 1.54) is 0 Å². The Bertz CT molecular complexity index is 629. The molecule has 0 aliphatic heterocycles. The lowest BCUT2D eigenvalue weighted by atomic mass is 10.2. The van der Waals surface area contributed by atoms with Gasteiger partial charge in [-0.05, 0) is 26.8 Å². The largest absolute Gasteiger partial charge is 0.390 e. The van der Waals surface area contributed by atoms with Crippen LogP contribution in [0.5, 0.6) is 0 Å². The number of nitrogens with one attached hydrogen (secondary N) is 2. The topological polar surface area (TPSA) is 78.0 Å². The number of aryl methyl sites for hydroxylation is 1. The van der Waals surface area contributed by atoms with Crippen LogP contribution in [0.4, 0.5) is 0 Å². The molecule has 2 rings (SSSR count). The van der Waals surface area contributed by atoms with Gasteiger partial charge in [0.15, 0.2) is 0 Å². The first-order valence-corrected chi connectivity index (χ1v) is 9.08. The molecular weight excluding hydrogens is 318 g/mol. The number of aliphatic hydroxyl groups is 1. The first-order chi connectivity index (χ1) is 10.3. The highest BCUT2D eigenvalue weighted by molar-refractivity contribution is 7.99. The van der Waals surface area contributed by atoms with E-state index in [1.807, 2.05) is 18.4 Å². The third kappa shape index (κ3) is 5.15. The number of thiazole rings is 1. The number of carbonyl (C=O) groups excluding carboxylic acids is 1. The summed E-state index contributed by atoms with van der Waals surface area (Å²) in [6.45, 7) is 6.09. The zero-order valence-electron chi connectivity index (χ0n) is 13.0. The fourth-order valence-corrected chi connectivity index (χ4v) is 3.34. The summed E-state index contributed by atoms with van der Waals surface area (Å²) in [6, 6.07) is 1.81. The Hall–Kier alpha value is -1.31. The first kappa shape index (κ1) is 17.1. The molecule has 1 amide bonds. The minimum atomic E-state index is -0.672. The van der Waals surface area contributed by atoms with E-state index >= 15 is 0 Å². The number of carbonyl (C=O) groups is 1. The molecule has 22 heavy (non-hydrogen) atoms. The molecule has 120 valence electrons. The molecule has 3 N–H and O–H groups in total. The van der Waals surface area contributed by atoms with Gasteiger partial charge in [0.1, 0.15) is 5.69 Å². The number of nitrogens with zero attached hydrogens (tertiary/aromatic N) is 1. The van der Waals surface area contributed by atoms with Gasteiger partial charge in [-0.1, -0.05) is 0 Å². The number of aromatic nitrogens is 2. The van der Waals surface area contributed by atoms with Crippen LogP contribution in [-0.2, 0) is 0 Å². The van der Waals surface area contributed by atoms with Gasteiger partial charge in [0.2, 0.25) is 0 Å². The van der Waals surface area contributed by atoms with Gasteiger partial charge in [-0.3, -0.25) is 4.79 Å². The van der Waals surface area contributed by atoms with Crippen molar-refractivity contribution in [2.75, 3.05) is 18.1 Å². The molecule has 0 aliphatic carbocycles. The van der Waals surface area contributed by atoms with Crippen molar-refractivity contribution in [2.45, 2.75) is 26.4 Å². The molecule has 0 aliphatic rings. The van der Waals surface area contributed by atoms with Crippen molar-refractivity contribution in [1.82, 2.24) is 15.3 Å². The molecule has 0 saturated carbocycles. The molecule has 0 atom stereocenters. The Morgan fingerprint density at radius 3 is 2.95 bits per heavy atom. The van der Waals surface area contributed by atoms with Gasteiger partial charge >= 0.3 is 0 Å². The van der Waals surface area contributed by atoms with Gasteiger partial charge in [-0.2, -0.15) is 11.8 Å². The highest BCUT2D eigenvalue weighted by atomic mass is 32.2. The summed E-state index contributed by atoms with van der Waals surface area (Å²) in [7, 11) is 0. The quantitative estimate of drug-likeness (QED) is 0.678. The number of rotatable bonds is 7. The van der Waals surface area contributed by atoms with Gasteiger partial charge in [0.25, 0.3) is 5.91 Å². The molecule has 2 aromatic heterocycles. The van der Waals surface area contributed by atoms with E-state index in [-0.39, 0.29) is 5.91 Å². The van der Waals surface area contributed by atoms with Crippen LogP contribution in [0.3, 0.4) is 0 Å². The maximum Gasteiger partial charge on any atom is 0.267 e. The molecule has 0 bridgehead atoms. The molecule has 0 aromatic carbocycles. The van der Waals surface area contributed by atoms with Crippen LogP contribution in [0.1, 0.15) is 29.3 Å². The van der Waals surface area contributed by atoms with Crippen molar-refractivity contribution in [3.05, 3.63) is 28.3 Å². The second kappa shape index (κ2) is 7.30. The predicted molar refractivity (Wildman–Crippen MR) is 92.6 cm³/mol. The maximum absolute atomic E-state index is 12.0. The second-order valence-electron chi connectivity index (χ2n) is 5.67. The number of hydrogen-bond donors (Lipinski definition) is 3. The van der Waals surface area contributed by atoms with E-state index < -0.39 is 5.60 Å². The number of aromatic amines is 1. The van der Waals surface area contributed by atoms with Gasteiger partial charge in [-0.15, -0.1) is 11.3 Å². The third-order valence-corrected chi connectivity index (χ3v) is 5.01. The number of hydrogen-bond acceptors (Lipinski definition) is 5. The summed E-state index contributed by atoms with van der Waals surface area (Å²) in [5.41, 5.74) is 1.67. The highest BCUT2D eigenvalue weighted by Crippen LogP contribution is 2.22. The van der Waals surface area contributed by atoms with Crippen LogP contribution in [0, 0.1) is 6.92 Å². The van der Waals surface area contributed by atoms with Crippen molar-refractivity contribution in [3.63, 3.8) is 0 Å². The molecule has 0 radical (unpaired) electrons. The Kier molecular flexibility index (Phi) is 5.66. The zero-order chi connectivity index (χ0) is 16.2. The van der Waals surface area contributed by atoms with Crippen molar-refractivity contribution in [2.24, 2.45) is 0 Å². The van der Waals surface area contributed by atoms with Crippen LogP contribution in [0.2, 0.25) is 0 Å². The van der Waals surface area contributed by atoms with Crippen molar-refractivity contribution >= 4 is 29.0 Å². The minimum Gasteiger partial charge on any atom is -0.390 e. The third-order valence-electron chi connectivity index (χ3n) is 2.83. The Balaban J connectivity index is 1.80. The summed E-state index contributed by atoms with van der Waals surface area (Å²) in [6.07, 6.45) is 1.80. The Labute approximate surface area is 138 Å². The second-order valence-corrected chi connectivity index (χ2v) is 7.84. The summed E-state index contributed by atoms with van der Waals surface area (Å²) < 4.78 is 0. The Morgan fingerprint density at radius 2 is 2.32 bits per heavy atom. The standard InChI is InChI=1S/C15H21N3O2S2/c1-10-18-13(8-22-10)11-6-12(17-7-11)14(19)16-4-5-21-9-15(2,3)20/h6-8,17,20H,4-5,9H2,1-3H3,(H,16,19). The smallest absolute Gasteiger partial charge is 0.267 e. The molecule has 2 heterocycles. The van der Waals surface area contributed by atoms with E-state index in [4.69, 9.17) is 0 Å². The molecule has 5 nitrogen and oxygen atoms in total. The van der Waals surface area contributed by atoms with E-state index in [2.05, 4.69) is 15.3 Å². The summed E-state index contributed by atoms with van der Waals surface area (Å²) in [4.78, 5) is 19.4. The van der Waals surface area contributed by atoms with Gasteiger partial charge in [-0.25, -0.2) is 4.98 Å². The minimum absolute atomic E-state index is 0.123. The molecule has 0 unspecified atom stereocenters. The average molecular weight is 339 g/mol. The van der Waals surface area contributed by atoms with Crippen LogP contribution in [0.15, 0.2) is 17.6 Å². The lowest BCUT2D eigenvalue weighted by Gasteiger charge is -2.15. The van der Waals surface area contributed by atoms with Crippen LogP contribution in [-0.4, -0.2) is 44.6 Å². The van der Waals surface area contributed by atoms with Crippen LogP contribution < -0.4 is 5.32 Å². The van der Waals surface area contributed by atoms with E-state index in [0.717, 1.165) is 22.0 Å². The number of amides is 1. The van der Waals surface area contributed by atoms with E-state index in [1.54, 1.807) is 43.1 Å². The molecule has 2 aromatic rings. The normalized spacial score (nSPS) is 11.6. The van der Waals surface area contributed by atoms with E-state index in [9.17, 15) is 9.90 Å². The first-order valence-electron chi connectivity index (χ1n) is 7.04. The van der Waals surface area contributed by atoms with Crippen molar-refractivity contribution < 1.29 is 9.90 Å². The molecule has 7 heteroatoms. The molecule has 0 saturated heterocycles. The van der Waals surface area contributed by atoms with Crippen LogP contribution in [0.25, 0.3) is 11.3 Å². The summed E-state index contributed by atoms with van der Waals surface area (Å²) >= 11 is 3.21. The maximum atomic E-state index is 12.0. The molecule has 0 fully saturated rings. The van der Waals surface area contributed by atoms with Crippen LogP contribution >= 0.6 is 23.1 Å². The van der Waals surface area contributed by atoms with Gasteiger partial charge < -0.3 is 15.4 Å². The molecule has 0 spiro atoms. The lowest BCUT2D eigenvalue weighted by Crippen LogP contribution is -2.27. The number of H-pyrrole nitrogens is 1. The zero-order valence-corrected chi connectivity index (χ0v) is 14.6. The lowest BCUT2D eigenvalue weighted by molar-refractivity contribution is 0.0952. The summed E-state index contributed by atoms with van der Waals surface area (Å²) in [5, 5.41) is 15.4. The van der Waals surface area contributed by atoms with Gasteiger partial charge in [0, 0.05) is 35.2 Å². The van der Waals surface area contributed by atoms with E-state index in [0.29, 0.717) is 18.0 Å². The molecular formula is C15H21N3O2S2. The fraction of sp³-hybridized carbons (Fsp3) is 0.467. The average Bonchev–Trinajstić information content (AvgIpc) is 3.05. The Morgan fingerprint density at radius 1 is 1.55 bits per heavy atom. The summed E-state index contributed by atoms with van der Waals surface area (Å²) in [5.74, 6) is 1.30. The fourth-order valence-electron chi connectivity index (χ4n) is 1.82. The van der Waals surface area contributed by atoms with Gasteiger partial charge in [0.05, 0.1) is 16.3 Å². The SMILES string of the molecule is Cc1nc(-c2c[nH]c(C(=O)NCCSCC(C)(C)O)c2)cs1. The number of thioether (sulfide) groups is 1. The van der Waals surface area contributed by atoms with Crippen molar-refractivity contribution in [3.8, 4) is 11.3 Å². The highest BCUT2D eigenvalue weighted by Gasteiger charge is 2.13. The van der Waals surface area contributed by atoms with Crippen molar-refractivity contribution in [1.29, 1.82) is 0 Å². The predicted octanol–water partition coefficient (Wildman–Crippen LogP) is 2.68.